The Bertz CT molecular complexity index is 699. The molecule has 2 aromatic rings. The van der Waals surface area contributed by atoms with Gasteiger partial charge in [-0.15, -0.1) is 0 Å². The van der Waals surface area contributed by atoms with Gasteiger partial charge in [0.2, 0.25) is 0 Å². The molecule has 1 unspecified atom stereocenters. The van der Waals surface area contributed by atoms with E-state index in [1.54, 1.807) is 11.6 Å². The van der Waals surface area contributed by atoms with Crippen molar-refractivity contribution in [3.05, 3.63) is 35.0 Å². The van der Waals surface area contributed by atoms with Crippen LogP contribution in [0.5, 0.6) is 0 Å². The van der Waals surface area contributed by atoms with Crippen LogP contribution in [0, 0.1) is 0 Å². The van der Waals surface area contributed by atoms with Crippen LogP contribution in [0.3, 0.4) is 0 Å². The highest BCUT2D eigenvalue weighted by molar-refractivity contribution is 6.38. The van der Waals surface area contributed by atoms with Crippen LogP contribution in [0.2, 0.25) is 5.02 Å². The number of rotatable bonds is 5. The number of hydrogen-bond donors (Lipinski definition) is 2. The van der Waals surface area contributed by atoms with Gasteiger partial charge in [0.1, 0.15) is 11.2 Å². The van der Waals surface area contributed by atoms with Crippen molar-refractivity contribution in [2.45, 2.75) is 32.2 Å². The second kappa shape index (κ2) is 6.01. The third-order valence-corrected chi connectivity index (χ3v) is 4.25. The van der Waals surface area contributed by atoms with E-state index in [9.17, 15) is 14.7 Å². The van der Waals surface area contributed by atoms with Crippen molar-refractivity contribution in [1.82, 2.24) is 9.88 Å². The maximum Gasteiger partial charge on any atom is 0.329 e. The Morgan fingerprint density at radius 3 is 2.55 bits per heavy atom. The molecule has 0 bridgehead atoms. The van der Waals surface area contributed by atoms with Gasteiger partial charge in [-0.05, 0) is 19.4 Å². The summed E-state index contributed by atoms with van der Waals surface area (Å²) >= 11 is 6.31. The van der Waals surface area contributed by atoms with Crippen LogP contribution in [0.15, 0.2) is 24.3 Å². The molecule has 118 valence electrons. The standard InChI is InChI=1S/C16H19ClN2O3/c1-4-9-16(2,15(21)22)18-14(20)13-12(17)10-7-5-6-8-11(10)19(13)3/h5-8H,4,9H2,1-3H3,(H,18,20)(H,21,22). The lowest BCUT2D eigenvalue weighted by molar-refractivity contribution is -0.144. The van der Waals surface area contributed by atoms with Gasteiger partial charge in [0.15, 0.2) is 0 Å². The highest BCUT2D eigenvalue weighted by atomic mass is 35.5. The van der Waals surface area contributed by atoms with Gasteiger partial charge in [0, 0.05) is 18.0 Å². The zero-order valence-corrected chi connectivity index (χ0v) is 13.6. The molecule has 0 radical (unpaired) electrons. The lowest BCUT2D eigenvalue weighted by atomic mass is 9.96. The number of para-hydroxylation sites is 1. The summed E-state index contributed by atoms with van der Waals surface area (Å²) in [4.78, 5) is 24.0. The average Bonchev–Trinajstić information content (AvgIpc) is 2.71. The van der Waals surface area contributed by atoms with E-state index in [0.29, 0.717) is 17.9 Å². The molecule has 0 aliphatic carbocycles. The zero-order chi connectivity index (χ0) is 16.5. The van der Waals surface area contributed by atoms with Crippen molar-refractivity contribution < 1.29 is 14.7 Å². The number of carbonyl (C=O) groups is 2. The first-order valence-electron chi connectivity index (χ1n) is 7.10. The Morgan fingerprint density at radius 1 is 1.36 bits per heavy atom. The second-order valence-corrected chi connectivity index (χ2v) is 5.96. The van der Waals surface area contributed by atoms with Gasteiger partial charge in [-0.25, -0.2) is 4.79 Å². The number of aromatic nitrogens is 1. The molecule has 0 fully saturated rings. The average molecular weight is 323 g/mol. The van der Waals surface area contributed by atoms with Crippen molar-refractivity contribution in [3.63, 3.8) is 0 Å². The fourth-order valence-corrected chi connectivity index (χ4v) is 3.00. The number of nitrogens with zero attached hydrogens (tertiary/aromatic N) is 1. The SMILES string of the molecule is CCCC(C)(NC(=O)c1c(Cl)c2ccccc2n1C)C(=O)O. The van der Waals surface area contributed by atoms with Crippen LogP contribution in [0.4, 0.5) is 0 Å². The Hall–Kier alpha value is -2.01. The third-order valence-electron chi connectivity index (χ3n) is 3.87. The lowest BCUT2D eigenvalue weighted by Gasteiger charge is -2.25. The van der Waals surface area contributed by atoms with Gasteiger partial charge in [-0.1, -0.05) is 43.1 Å². The summed E-state index contributed by atoms with van der Waals surface area (Å²) in [5, 5.41) is 13.1. The van der Waals surface area contributed by atoms with Gasteiger partial charge in [-0.3, -0.25) is 4.79 Å². The number of carbonyl (C=O) groups excluding carboxylic acids is 1. The number of nitrogens with one attached hydrogen (secondary N) is 1. The van der Waals surface area contributed by atoms with Crippen LogP contribution in [0.1, 0.15) is 37.2 Å². The van der Waals surface area contributed by atoms with Gasteiger partial charge in [0.25, 0.3) is 5.91 Å². The molecule has 2 N–H and O–H groups in total. The maximum atomic E-state index is 12.6. The number of carboxylic acid groups (broad SMARTS) is 1. The van der Waals surface area contributed by atoms with Crippen LogP contribution in [-0.2, 0) is 11.8 Å². The van der Waals surface area contributed by atoms with Crippen molar-refractivity contribution in [2.24, 2.45) is 7.05 Å². The molecule has 1 aromatic heterocycles. The monoisotopic (exact) mass is 322 g/mol. The minimum atomic E-state index is -1.31. The number of amides is 1. The first-order chi connectivity index (χ1) is 10.3. The van der Waals surface area contributed by atoms with Crippen LogP contribution >= 0.6 is 11.6 Å². The summed E-state index contributed by atoms with van der Waals surface area (Å²) in [6.07, 6.45) is 0.988. The predicted octanol–water partition coefficient (Wildman–Crippen LogP) is 3.20. The summed E-state index contributed by atoms with van der Waals surface area (Å²) < 4.78 is 1.68. The quantitative estimate of drug-likeness (QED) is 0.888. The molecule has 0 aliphatic heterocycles. The van der Waals surface area contributed by atoms with Gasteiger partial charge < -0.3 is 15.0 Å². The topological polar surface area (TPSA) is 71.3 Å². The second-order valence-electron chi connectivity index (χ2n) is 5.58. The number of aryl methyl sites for hydroxylation is 1. The Kier molecular flexibility index (Phi) is 4.47. The smallest absolute Gasteiger partial charge is 0.329 e. The largest absolute Gasteiger partial charge is 0.480 e. The Balaban J connectivity index is 2.44. The minimum Gasteiger partial charge on any atom is -0.480 e. The van der Waals surface area contributed by atoms with E-state index in [4.69, 9.17) is 11.6 Å². The number of hydrogen-bond acceptors (Lipinski definition) is 2. The van der Waals surface area contributed by atoms with Crippen molar-refractivity contribution >= 4 is 34.4 Å². The molecule has 0 saturated carbocycles. The number of halogens is 1. The Morgan fingerprint density at radius 2 is 2.00 bits per heavy atom. The van der Waals surface area contributed by atoms with Crippen LogP contribution in [-0.4, -0.2) is 27.1 Å². The third kappa shape index (κ3) is 2.68. The van der Waals surface area contributed by atoms with E-state index < -0.39 is 17.4 Å². The molecule has 6 heteroatoms. The maximum absolute atomic E-state index is 12.6. The van der Waals surface area contributed by atoms with E-state index in [0.717, 1.165) is 10.9 Å². The minimum absolute atomic E-state index is 0.270. The number of fused-ring (bicyclic) bond motifs is 1. The van der Waals surface area contributed by atoms with E-state index in [-0.39, 0.29) is 5.69 Å². The van der Waals surface area contributed by atoms with E-state index in [1.165, 1.54) is 6.92 Å². The molecule has 2 rings (SSSR count). The summed E-state index contributed by atoms with van der Waals surface area (Å²) in [5.41, 5.74) is -0.220. The fourth-order valence-electron chi connectivity index (χ4n) is 2.63. The normalized spacial score (nSPS) is 13.8. The molecule has 1 aromatic carbocycles. The number of aliphatic carboxylic acids is 1. The van der Waals surface area contributed by atoms with E-state index in [2.05, 4.69) is 5.32 Å². The Labute approximate surface area is 133 Å². The van der Waals surface area contributed by atoms with Crippen LogP contribution in [0.25, 0.3) is 10.9 Å². The molecule has 0 spiro atoms. The molecule has 1 heterocycles. The molecule has 0 aliphatic rings. The first-order valence-corrected chi connectivity index (χ1v) is 7.48. The highest BCUT2D eigenvalue weighted by Gasteiger charge is 2.35. The predicted molar refractivity (Wildman–Crippen MR) is 86.3 cm³/mol. The highest BCUT2D eigenvalue weighted by Crippen LogP contribution is 2.30. The molecule has 1 atom stereocenters. The van der Waals surface area contributed by atoms with Crippen molar-refractivity contribution in [1.29, 1.82) is 0 Å². The van der Waals surface area contributed by atoms with Crippen LogP contribution < -0.4 is 5.32 Å². The number of benzene rings is 1. The van der Waals surface area contributed by atoms with Crippen molar-refractivity contribution in [3.8, 4) is 0 Å². The molecule has 1 amide bonds. The van der Waals surface area contributed by atoms with E-state index >= 15 is 0 Å². The number of carboxylic acids is 1. The molecular formula is C16H19ClN2O3. The first kappa shape index (κ1) is 16.4. The summed E-state index contributed by atoms with van der Waals surface area (Å²) in [6, 6.07) is 7.39. The molecule has 22 heavy (non-hydrogen) atoms. The summed E-state index contributed by atoms with van der Waals surface area (Å²) in [7, 11) is 1.74. The van der Waals surface area contributed by atoms with Gasteiger partial charge in [-0.2, -0.15) is 0 Å². The zero-order valence-electron chi connectivity index (χ0n) is 12.8. The summed E-state index contributed by atoms with van der Waals surface area (Å²) in [6.45, 7) is 3.38. The van der Waals surface area contributed by atoms with Crippen molar-refractivity contribution in [2.75, 3.05) is 0 Å². The molecule has 5 nitrogen and oxygen atoms in total. The molecule has 0 saturated heterocycles. The van der Waals surface area contributed by atoms with Gasteiger partial charge in [0.05, 0.1) is 5.02 Å². The molecular weight excluding hydrogens is 304 g/mol. The van der Waals surface area contributed by atoms with E-state index in [1.807, 2.05) is 31.2 Å². The fraction of sp³-hybridized carbons (Fsp3) is 0.375. The lowest BCUT2D eigenvalue weighted by Crippen LogP contribution is -2.52. The van der Waals surface area contributed by atoms with Gasteiger partial charge >= 0.3 is 5.97 Å². The summed E-state index contributed by atoms with van der Waals surface area (Å²) in [5.74, 6) is -1.54.